The van der Waals surface area contributed by atoms with Crippen LogP contribution in [-0.4, -0.2) is 33.1 Å². The lowest BCUT2D eigenvalue weighted by Crippen LogP contribution is -2.25. The zero-order chi connectivity index (χ0) is 27.3. The van der Waals surface area contributed by atoms with Crippen molar-refractivity contribution < 1.29 is 37.7 Å². The number of esters is 1. The molecule has 0 aliphatic carbocycles. The SMILES string of the molecule is COc1cc(OC)c(OC)cc1/C=C1\Oc2c(ccc3c2[C@H](c2coc4ccccc4c2=O)CC(=O)O3)C1=O. The summed E-state index contributed by atoms with van der Waals surface area (Å²) >= 11 is 0. The van der Waals surface area contributed by atoms with E-state index in [0.29, 0.717) is 39.3 Å². The number of methoxy groups -OCH3 is 3. The second kappa shape index (κ2) is 9.36. The Morgan fingerprint density at radius 3 is 2.38 bits per heavy atom. The van der Waals surface area contributed by atoms with Gasteiger partial charge in [0, 0.05) is 28.7 Å². The van der Waals surface area contributed by atoms with Gasteiger partial charge in [-0.05, 0) is 36.4 Å². The molecule has 0 amide bonds. The summed E-state index contributed by atoms with van der Waals surface area (Å²) in [5.74, 6) is 0.224. The highest BCUT2D eigenvalue weighted by molar-refractivity contribution is 6.15. The predicted molar refractivity (Wildman–Crippen MR) is 140 cm³/mol. The molecule has 0 saturated carbocycles. The molecule has 9 nitrogen and oxygen atoms in total. The first-order valence-electron chi connectivity index (χ1n) is 12.1. The Bertz CT molecular complexity index is 1760. The number of allylic oxidation sites excluding steroid dienone is 1. The zero-order valence-corrected chi connectivity index (χ0v) is 21.2. The van der Waals surface area contributed by atoms with E-state index in [-0.39, 0.29) is 46.0 Å². The molecule has 2 aliphatic heterocycles. The third kappa shape index (κ3) is 3.90. The number of para-hydroxylation sites is 1. The zero-order valence-electron chi connectivity index (χ0n) is 21.2. The minimum Gasteiger partial charge on any atom is -0.496 e. The molecule has 0 saturated heterocycles. The monoisotopic (exact) mass is 526 g/mol. The molecule has 6 rings (SSSR count). The van der Waals surface area contributed by atoms with E-state index in [9.17, 15) is 14.4 Å². The van der Waals surface area contributed by atoms with E-state index in [4.69, 9.17) is 28.1 Å². The van der Waals surface area contributed by atoms with Gasteiger partial charge in [-0.2, -0.15) is 0 Å². The summed E-state index contributed by atoms with van der Waals surface area (Å²) < 4.78 is 33.6. The van der Waals surface area contributed by atoms with Crippen LogP contribution in [0.5, 0.6) is 28.7 Å². The molecule has 1 aromatic heterocycles. The number of rotatable bonds is 5. The highest BCUT2D eigenvalue weighted by Crippen LogP contribution is 2.49. The molecule has 0 bridgehead atoms. The number of ether oxygens (including phenoxy) is 5. The molecule has 2 aliphatic rings. The molecule has 0 unspecified atom stereocenters. The number of carbonyl (C=O) groups is 2. The van der Waals surface area contributed by atoms with Crippen molar-refractivity contribution in [3.8, 4) is 28.7 Å². The minimum atomic E-state index is -0.736. The molecule has 196 valence electrons. The van der Waals surface area contributed by atoms with Gasteiger partial charge in [-0.15, -0.1) is 0 Å². The van der Waals surface area contributed by atoms with Crippen LogP contribution in [0.15, 0.2) is 69.8 Å². The van der Waals surface area contributed by atoms with Gasteiger partial charge in [-0.25, -0.2) is 0 Å². The minimum absolute atomic E-state index is 0.0325. The molecule has 4 aromatic rings. The number of hydrogen-bond donors (Lipinski definition) is 0. The highest BCUT2D eigenvalue weighted by Gasteiger charge is 2.39. The fourth-order valence-electron chi connectivity index (χ4n) is 5.01. The first-order chi connectivity index (χ1) is 18.9. The molecular formula is C30H22O9. The third-order valence-corrected chi connectivity index (χ3v) is 6.88. The second-order valence-corrected chi connectivity index (χ2v) is 8.99. The Kier molecular flexibility index (Phi) is 5.83. The van der Waals surface area contributed by atoms with E-state index in [1.807, 2.05) is 0 Å². The molecule has 1 atom stereocenters. The molecule has 9 heteroatoms. The smallest absolute Gasteiger partial charge is 0.312 e. The normalized spacial score (nSPS) is 16.9. The Morgan fingerprint density at radius 1 is 0.872 bits per heavy atom. The van der Waals surface area contributed by atoms with Gasteiger partial charge in [-0.1, -0.05) is 12.1 Å². The lowest BCUT2D eigenvalue weighted by Gasteiger charge is -2.25. The topological polar surface area (TPSA) is 110 Å². The Labute approximate surface area is 222 Å². The molecule has 0 radical (unpaired) electrons. The summed E-state index contributed by atoms with van der Waals surface area (Å²) in [6.07, 6.45) is 2.79. The van der Waals surface area contributed by atoms with E-state index in [1.165, 1.54) is 27.6 Å². The molecule has 3 aromatic carbocycles. The van der Waals surface area contributed by atoms with Crippen molar-refractivity contribution in [3.05, 3.63) is 93.0 Å². The van der Waals surface area contributed by atoms with Gasteiger partial charge in [0.1, 0.15) is 22.8 Å². The predicted octanol–water partition coefficient (Wildman–Crippen LogP) is 4.88. The summed E-state index contributed by atoms with van der Waals surface area (Å²) in [6, 6.07) is 13.3. The van der Waals surface area contributed by atoms with Crippen LogP contribution in [-0.2, 0) is 4.79 Å². The van der Waals surface area contributed by atoms with Crippen LogP contribution in [0.2, 0.25) is 0 Å². The lowest BCUT2D eigenvalue weighted by atomic mass is 9.85. The van der Waals surface area contributed by atoms with Crippen molar-refractivity contribution in [3.63, 3.8) is 0 Å². The summed E-state index contributed by atoms with van der Waals surface area (Å²) in [4.78, 5) is 39.4. The first kappa shape index (κ1) is 24.3. The fourth-order valence-corrected chi connectivity index (χ4v) is 5.01. The average molecular weight is 526 g/mol. The highest BCUT2D eigenvalue weighted by atomic mass is 16.5. The maximum Gasteiger partial charge on any atom is 0.312 e. The number of hydrogen-bond acceptors (Lipinski definition) is 9. The molecular weight excluding hydrogens is 504 g/mol. The number of fused-ring (bicyclic) bond motifs is 4. The van der Waals surface area contributed by atoms with Crippen LogP contribution >= 0.6 is 0 Å². The largest absolute Gasteiger partial charge is 0.496 e. The number of Topliss-reactive ketones (excluding diaryl/α,β-unsaturated/α-hetero) is 1. The maximum absolute atomic E-state index is 13.4. The summed E-state index contributed by atoms with van der Waals surface area (Å²) in [6.45, 7) is 0. The van der Waals surface area contributed by atoms with E-state index < -0.39 is 11.9 Å². The van der Waals surface area contributed by atoms with Crippen molar-refractivity contribution in [2.75, 3.05) is 21.3 Å². The first-order valence-corrected chi connectivity index (χ1v) is 12.1. The Hall–Kier alpha value is -5.05. The molecule has 0 spiro atoms. The number of benzene rings is 3. The summed E-state index contributed by atoms with van der Waals surface area (Å²) in [7, 11) is 4.52. The molecule has 39 heavy (non-hydrogen) atoms. The Balaban J connectivity index is 1.48. The van der Waals surface area contributed by atoms with Gasteiger partial charge in [0.05, 0.1) is 45.0 Å². The van der Waals surface area contributed by atoms with Crippen molar-refractivity contribution in [1.82, 2.24) is 0 Å². The van der Waals surface area contributed by atoms with E-state index in [1.54, 1.807) is 54.6 Å². The van der Waals surface area contributed by atoms with Crippen molar-refractivity contribution >= 4 is 28.8 Å². The standard InChI is InChI=1S/C30H22O9/c1-34-22-13-24(36-3)23(35-2)10-15(22)11-25-29(33)17-8-9-21-27(30(17)39-25)18(12-26(31)38-21)19-14-37-20-7-5-4-6-16(20)28(19)32/h4-11,13-14,18H,12H2,1-3H3/b25-11-/t18-/m0/s1. The second-order valence-electron chi connectivity index (χ2n) is 8.99. The average Bonchev–Trinajstić information content (AvgIpc) is 3.27. The summed E-state index contributed by atoms with van der Waals surface area (Å²) in [5, 5.41) is 0.390. The van der Waals surface area contributed by atoms with E-state index in [2.05, 4.69) is 0 Å². The Morgan fingerprint density at radius 2 is 1.62 bits per heavy atom. The van der Waals surface area contributed by atoms with Gasteiger partial charge >= 0.3 is 5.97 Å². The van der Waals surface area contributed by atoms with Gasteiger partial charge in [0.15, 0.2) is 22.7 Å². The fraction of sp³-hybridized carbons (Fsp3) is 0.167. The van der Waals surface area contributed by atoms with Crippen LogP contribution in [0.3, 0.4) is 0 Å². The molecule has 0 fully saturated rings. The van der Waals surface area contributed by atoms with Crippen molar-refractivity contribution in [2.45, 2.75) is 12.3 Å². The molecule has 0 N–H and O–H groups in total. The number of ketones is 1. The van der Waals surface area contributed by atoms with Crippen molar-refractivity contribution in [2.24, 2.45) is 0 Å². The van der Waals surface area contributed by atoms with Gasteiger partial charge in [0.25, 0.3) is 0 Å². The van der Waals surface area contributed by atoms with Crippen LogP contribution in [0.25, 0.3) is 17.0 Å². The van der Waals surface area contributed by atoms with Gasteiger partial charge < -0.3 is 28.1 Å². The molecule has 3 heterocycles. The maximum atomic E-state index is 13.4. The van der Waals surface area contributed by atoms with Crippen molar-refractivity contribution in [1.29, 1.82) is 0 Å². The lowest BCUT2D eigenvalue weighted by molar-refractivity contribution is -0.135. The number of carbonyl (C=O) groups excluding carboxylic acids is 2. The van der Waals surface area contributed by atoms with E-state index >= 15 is 0 Å². The van der Waals surface area contributed by atoms with Gasteiger partial charge in [-0.3, -0.25) is 14.4 Å². The quantitative estimate of drug-likeness (QED) is 0.204. The van der Waals surface area contributed by atoms with Crippen LogP contribution in [0, 0.1) is 0 Å². The van der Waals surface area contributed by atoms with Crippen LogP contribution < -0.4 is 29.1 Å². The van der Waals surface area contributed by atoms with Crippen LogP contribution in [0.4, 0.5) is 0 Å². The summed E-state index contributed by atoms with van der Waals surface area (Å²) in [5.41, 5.74) is 1.69. The third-order valence-electron chi connectivity index (χ3n) is 6.88. The van der Waals surface area contributed by atoms with Gasteiger partial charge in [0.2, 0.25) is 5.78 Å². The van der Waals surface area contributed by atoms with Crippen LogP contribution in [0.1, 0.15) is 39.4 Å². The van der Waals surface area contributed by atoms with E-state index in [0.717, 1.165) is 0 Å².